The third-order valence-corrected chi connectivity index (χ3v) is 3.72. The van der Waals surface area contributed by atoms with Gasteiger partial charge in [-0.15, -0.1) is 0 Å². The summed E-state index contributed by atoms with van der Waals surface area (Å²) in [4.78, 5) is 0. The predicted molar refractivity (Wildman–Crippen MR) is 80.1 cm³/mol. The minimum atomic E-state index is -0.727. The van der Waals surface area contributed by atoms with Gasteiger partial charge in [-0.3, -0.25) is 0 Å². The van der Waals surface area contributed by atoms with Gasteiger partial charge >= 0.3 is 0 Å². The van der Waals surface area contributed by atoms with Crippen molar-refractivity contribution in [3.8, 4) is 0 Å². The van der Waals surface area contributed by atoms with Gasteiger partial charge in [0.15, 0.2) is 11.6 Å². The van der Waals surface area contributed by atoms with E-state index >= 15 is 0 Å². The Morgan fingerprint density at radius 1 is 0.850 bits per heavy atom. The number of aryl methyl sites for hydroxylation is 2. The van der Waals surface area contributed by atoms with Gasteiger partial charge in [0.1, 0.15) is 0 Å². The van der Waals surface area contributed by atoms with Crippen LogP contribution in [0.3, 0.4) is 0 Å². The molecule has 0 unspecified atom stereocenters. The highest BCUT2D eigenvalue weighted by Crippen LogP contribution is 2.29. The molecular formula is C18H16F2. The molecule has 20 heavy (non-hydrogen) atoms. The van der Waals surface area contributed by atoms with E-state index in [1.807, 2.05) is 38.1 Å². The molecule has 0 atom stereocenters. The van der Waals surface area contributed by atoms with Crippen molar-refractivity contribution in [1.82, 2.24) is 0 Å². The van der Waals surface area contributed by atoms with E-state index in [4.69, 9.17) is 0 Å². The molecule has 0 saturated carbocycles. The van der Waals surface area contributed by atoms with E-state index in [1.165, 1.54) is 0 Å². The van der Waals surface area contributed by atoms with Crippen LogP contribution in [0.25, 0.3) is 21.5 Å². The highest BCUT2D eigenvalue weighted by atomic mass is 19.2. The molecule has 0 saturated heterocycles. The van der Waals surface area contributed by atoms with Gasteiger partial charge in [-0.1, -0.05) is 37.1 Å². The lowest BCUT2D eigenvalue weighted by atomic mass is 9.98. The van der Waals surface area contributed by atoms with Crippen molar-refractivity contribution in [3.05, 3.63) is 59.2 Å². The molecule has 3 aromatic carbocycles. The van der Waals surface area contributed by atoms with Gasteiger partial charge in [0.25, 0.3) is 0 Å². The first-order valence-corrected chi connectivity index (χ1v) is 6.91. The lowest BCUT2D eigenvalue weighted by molar-refractivity contribution is 0.506. The Morgan fingerprint density at radius 3 is 2.40 bits per heavy atom. The van der Waals surface area contributed by atoms with Crippen molar-refractivity contribution in [2.24, 2.45) is 0 Å². The van der Waals surface area contributed by atoms with Crippen molar-refractivity contribution in [2.75, 3.05) is 0 Å². The van der Waals surface area contributed by atoms with E-state index in [1.54, 1.807) is 12.1 Å². The maximum absolute atomic E-state index is 14.2. The summed E-state index contributed by atoms with van der Waals surface area (Å²) in [5, 5.41) is 3.12. The summed E-state index contributed by atoms with van der Waals surface area (Å²) in [7, 11) is 0. The number of hydrogen-bond donors (Lipinski definition) is 0. The van der Waals surface area contributed by atoms with E-state index in [9.17, 15) is 8.78 Å². The molecule has 0 fully saturated rings. The summed E-state index contributed by atoms with van der Waals surface area (Å²) in [6, 6.07) is 11.5. The van der Waals surface area contributed by atoms with Crippen LogP contribution in [0.4, 0.5) is 8.78 Å². The third-order valence-electron chi connectivity index (χ3n) is 3.72. The first kappa shape index (κ1) is 13.0. The van der Waals surface area contributed by atoms with Crippen molar-refractivity contribution in [2.45, 2.75) is 26.7 Å². The maximum Gasteiger partial charge on any atom is 0.166 e. The molecule has 0 aromatic heterocycles. The van der Waals surface area contributed by atoms with Gasteiger partial charge in [0.05, 0.1) is 0 Å². The number of halogens is 2. The molecule has 0 heterocycles. The monoisotopic (exact) mass is 270 g/mol. The van der Waals surface area contributed by atoms with E-state index in [0.29, 0.717) is 17.4 Å². The Morgan fingerprint density at radius 2 is 1.65 bits per heavy atom. The van der Waals surface area contributed by atoms with Crippen LogP contribution in [0.15, 0.2) is 36.4 Å². The number of hydrogen-bond acceptors (Lipinski definition) is 0. The Bertz CT molecular complexity index is 803. The fourth-order valence-electron chi connectivity index (χ4n) is 2.71. The summed E-state index contributed by atoms with van der Waals surface area (Å²) in [5.74, 6) is -1.43. The van der Waals surface area contributed by atoms with Crippen molar-refractivity contribution < 1.29 is 8.78 Å². The predicted octanol–water partition coefficient (Wildman–Crippen LogP) is 5.53. The molecule has 0 bridgehead atoms. The second kappa shape index (κ2) is 4.86. The van der Waals surface area contributed by atoms with Crippen molar-refractivity contribution in [1.29, 1.82) is 0 Å². The zero-order valence-electron chi connectivity index (χ0n) is 11.6. The topological polar surface area (TPSA) is 0 Å². The highest BCUT2D eigenvalue weighted by Gasteiger charge is 2.13. The molecule has 0 aliphatic heterocycles. The molecule has 0 aliphatic carbocycles. The Kier molecular flexibility index (Phi) is 3.17. The van der Waals surface area contributed by atoms with Crippen LogP contribution in [0.1, 0.15) is 24.5 Å². The normalized spacial score (nSPS) is 11.4. The lowest BCUT2D eigenvalue weighted by Crippen LogP contribution is -1.96. The van der Waals surface area contributed by atoms with E-state index in [-0.39, 0.29) is 0 Å². The molecule has 102 valence electrons. The number of benzene rings is 3. The quantitative estimate of drug-likeness (QED) is 0.537. The largest absolute Gasteiger partial charge is 0.203 e. The van der Waals surface area contributed by atoms with Gasteiger partial charge in [-0.25, -0.2) is 8.78 Å². The summed E-state index contributed by atoms with van der Waals surface area (Å²) < 4.78 is 28.3. The van der Waals surface area contributed by atoms with Crippen molar-refractivity contribution in [3.63, 3.8) is 0 Å². The minimum Gasteiger partial charge on any atom is -0.203 e. The SMILES string of the molecule is CCCc1cc2cc3ccc(C)cc3cc2c(F)c1F. The summed E-state index contributed by atoms with van der Waals surface area (Å²) in [6.45, 7) is 3.95. The molecule has 0 amide bonds. The van der Waals surface area contributed by atoms with Gasteiger partial charge in [0.2, 0.25) is 0 Å². The van der Waals surface area contributed by atoms with Gasteiger partial charge < -0.3 is 0 Å². The average molecular weight is 270 g/mol. The van der Waals surface area contributed by atoms with Crippen LogP contribution in [-0.4, -0.2) is 0 Å². The van der Waals surface area contributed by atoms with E-state index in [2.05, 4.69) is 0 Å². The smallest absolute Gasteiger partial charge is 0.166 e. The van der Waals surface area contributed by atoms with Gasteiger partial charge in [-0.05, 0) is 53.3 Å². The second-order valence-corrected chi connectivity index (χ2v) is 5.34. The van der Waals surface area contributed by atoms with E-state index in [0.717, 1.165) is 28.1 Å². The molecule has 0 N–H and O–H groups in total. The van der Waals surface area contributed by atoms with Crippen LogP contribution in [0.5, 0.6) is 0 Å². The average Bonchev–Trinajstić information content (AvgIpc) is 2.43. The van der Waals surface area contributed by atoms with E-state index < -0.39 is 11.6 Å². The highest BCUT2D eigenvalue weighted by molar-refractivity contribution is 5.99. The molecule has 3 rings (SSSR count). The first-order valence-electron chi connectivity index (χ1n) is 6.91. The summed E-state index contributed by atoms with van der Waals surface area (Å²) in [6.07, 6.45) is 1.36. The van der Waals surface area contributed by atoms with Crippen LogP contribution < -0.4 is 0 Å². The van der Waals surface area contributed by atoms with Gasteiger partial charge in [-0.2, -0.15) is 0 Å². The second-order valence-electron chi connectivity index (χ2n) is 5.34. The zero-order valence-corrected chi connectivity index (χ0v) is 11.6. The van der Waals surface area contributed by atoms with Crippen molar-refractivity contribution >= 4 is 21.5 Å². The third kappa shape index (κ3) is 2.05. The molecule has 0 spiro atoms. The number of rotatable bonds is 2. The fourth-order valence-corrected chi connectivity index (χ4v) is 2.71. The first-order chi connectivity index (χ1) is 9.60. The standard InChI is InChI=1S/C18H16F2/c1-3-4-13-9-15-8-12-6-5-11(2)7-14(12)10-16(15)18(20)17(13)19/h5-10H,3-4H2,1-2H3. The Labute approximate surface area is 117 Å². The molecule has 3 aromatic rings. The lowest BCUT2D eigenvalue weighted by Gasteiger charge is -2.09. The summed E-state index contributed by atoms with van der Waals surface area (Å²) in [5.41, 5.74) is 1.57. The Balaban J connectivity index is 2.36. The molecular weight excluding hydrogens is 254 g/mol. The van der Waals surface area contributed by atoms with Gasteiger partial charge in [0, 0.05) is 5.39 Å². The molecule has 2 heteroatoms. The summed E-state index contributed by atoms with van der Waals surface area (Å²) >= 11 is 0. The Hall–Kier alpha value is -1.96. The fraction of sp³-hybridized carbons (Fsp3) is 0.222. The number of fused-ring (bicyclic) bond motifs is 2. The maximum atomic E-state index is 14.2. The minimum absolute atomic E-state index is 0.362. The molecule has 0 aliphatic rings. The van der Waals surface area contributed by atoms with Crippen LogP contribution in [0, 0.1) is 18.6 Å². The molecule has 0 radical (unpaired) electrons. The van der Waals surface area contributed by atoms with Crippen LogP contribution in [-0.2, 0) is 6.42 Å². The zero-order chi connectivity index (χ0) is 14.3. The van der Waals surface area contributed by atoms with Crippen LogP contribution in [0.2, 0.25) is 0 Å². The van der Waals surface area contributed by atoms with Crippen LogP contribution >= 0.6 is 0 Å². The molecule has 0 nitrogen and oxygen atoms in total.